The Balaban J connectivity index is 2.07. The molecular weight excluding hydrogens is 260 g/mol. The van der Waals surface area contributed by atoms with E-state index in [1.165, 1.54) is 18.2 Å². The lowest BCUT2D eigenvalue weighted by molar-refractivity contribution is -0.120. The van der Waals surface area contributed by atoms with Crippen molar-refractivity contribution in [2.45, 2.75) is 31.7 Å². The minimum atomic E-state index is -1.24. The number of nitrogens with two attached hydrogens (primary N) is 1. The van der Waals surface area contributed by atoms with Crippen LogP contribution in [0.4, 0.5) is 5.69 Å². The zero-order valence-electron chi connectivity index (χ0n) is 11.0. The van der Waals surface area contributed by atoms with Crippen LogP contribution in [-0.4, -0.2) is 28.1 Å². The van der Waals surface area contributed by atoms with Crippen LogP contribution in [0.5, 0.6) is 5.75 Å². The summed E-state index contributed by atoms with van der Waals surface area (Å²) in [5.74, 6) is -1.85. The van der Waals surface area contributed by atoms with Gasteiger partial charge < -0.3 is 21.3 Å². The molecule has 108 valence electrons. The summed E-state index contributed by atoms with van der Waals surface area (Å²) in [5.41, 5.74) is 5.98. The van der Waals surface area contributed by atoms with Gasteiger partial charge in [-0.15, -0.1) is 0 Å². The van der Waals surface area contributed by atoms with Gasteiger partial charge in [-0.2, -0.15) is 0 Å². The average molecular weight is 278 g/mol. The number of rotatable bonds is 3. The number of hydrogen-bond acceptors (Lipinski definition) is 4. The van der Waals surface area contributed by atoms with Gasteiger partial charge >= 0.3 is 5.97 Å². The van der Waals surface area contributed by atoms with Crippen LogP contribution in [0.15, 0.2) is 18.2 Å². The fourth-order valence-electron chi connectivity index (χ4n) is 2.50. The number of carbonyl (C=O) groups is 2. The van der Waals surface area contributed by atoms with Crippen LogP contribution in [0.1, 0.15) is 36.0 Å². The summed E-state index contributed by atoms with van der Waals surface area (Å²) in [6.07, 6.45) is 3.31. The van der Waals surface area contributed by atoms with Crippen molar-refractivity contribution in [3.63, 3.8) is 0 Å². The van der Waals surface area contributed by atoms with E-state index in [4.69, 9.17) is 10.8 Å². The molecule has 5 N–H and O–H groups in total. The molecule has 0 saturated heterocycles. The first-order chi connectivity index (χ1) is 9.47. The van der Waals surface area contributed by atoms with Gasteiger partial charge in [0.05, 0.1) is 0 Å². The van der Waals surface area contributed by atoms with E-state index >= 15 is 0 Å². The van der Waals surface area contributed by atoms with E-state index in [1.54, 1.807) is 0 Å². The molecule has 1 amide bonds. The molecule has 0 spiro atoms. The second-order valence-corrected chi connectivity index (χ2v) is 5.15. The zero-order chi connectivity index (χ0) is 14.7. The summed E-state index contributed by atoms with van der Waals surface area (Å²) < 4.78 is 0. The molecule has 6 heteroatoms. The lowest BCUT2D eigenvalue weighted by Gasteiger charge is -2.25. The van der Waals surface area contributed by atoms with E-state index < -0.39 is 5.97 Å². The highest BCUT2D eigenvalue weighted by atomic mass is 16.4. The SMILES string of the molecule is NC1CCCC(C(=O)Nc2ccc(O)c(C(=O)O)c2)C1. The maximum atomic E-state index is 12.1. The summed E-state index contributed by atoms with van der Waals surface area (Å²) in [5, 5.41) is 21.0. The van der Waals surface area contributed by atoms with Crippen molar-refractivity contribution in [2.75, 3.05) is 5.32 Å². The predicted molar refractivity (Wildman–Crippen MR) is 73.6 cm³/mol. The van der Waals surface area contributed by atoms with Crippen LogP contribution in [0.25, 0.3) is 0 Å². The van der Waals surface area contributed by atoms with Crippen LogP contribution in [-0.2, 0) is 4.79 Å². The Hall–Kier alpha value is -2.08. The molecular formula is C14H18N2O4. The fourth-order valence-corrected chi connectivity index (χ4v) is 2.50. The summed E-state index contributed by atoms with van der Waals surface area (Å²) in [4.78, 5) is 23.0. The normalized spacial score (nSPS) is 22.2. The van der Waals surface area contributed by atoms with Gasteiger partial charge in [-0.25, -0.2) is 4.79 Å². The number of amides is 1. The molecule has 1 aromatic rings. The number of aromatic hydroxyl groups is 1. The standard InChI is InChI=1S/C14H18N2O4/c15-9-3-1-2-8(6-9)13(18)16-10-4-5-12(17)11(7-10)14(19)20/h4-5,7-9,17H,1-3,6,15H2,(H,16,18)(H,19,20). The van der Waals surface area contributed by atoms with Gasteiger partial charge in [0.25, 0.3) is 0 Å². The third-order valence-corrected chi connectivity index (χ3v) is 3.58. The molecule has 0 aromatic heterocycles. The molecule has 0 aliphatic heterocycles. The van der Waals surface area contributed by atoms with Crippen LogP contribution < -0.4 is 11.1 Å². The highest BCUT2D eigenvalue weighted by Crippen LogP contribution is 2.26. The fraction of sp³-hybridized carbons (Fsp3) is 0.429. The Morgan fingerprint density at radius 3 is 2.70 bits per heavy atom. The summed E-state index contributed by atoms with van der Waals surface area (Å²) >= 11 is 0. The van der Waals surface area contributed by atoms with Crippen molar-refractivity contribution in [2.24, 2.45) is 11.7 Å². The molecule has 1 aromatic carbocycles. The minimum absolute atomic E-state index is 0.0499. The zero-order valence-corrected chi connectivity index (χ0v) is 11.0. The number of aromatic carboxylic acids is 1. The number of carboxylic acids is 1. The van der Waals surface area contributed by atoms with E-state index in [2.05, 4.69) is 5.32 Å². The van der Waals surface area contributed by atoms with Crippen molar-refractivity contribution in [3.8, 4) is 5.75 Å². The Morgan fingerprint density at radius 1 is 1.30 bits per heavy atom. The smallest absolute Gasteiger partial charge is 0.339 e. The molecule has 1 aliphatic rings. The molecule has 0 heterocycles. The molecule has 2 atom stereocenters. The molecule has 1 aliphatic carbocycles. The average Bonchev–Trinajstić information content (AvgIpc) is 2.40. The molecule has 1 fully saturated rings. The Labute approximate surface area is 116 Å². The number of carbonyl (C=O) groups excluding carboxylic acids is 1. The third-order valence-electron chi connectivity index (χ3n) is 3.58. The predicted octanol–water partition coefficient (Wildman–Crippen LogP) is 1.55. The molecule has 6 nitrogen and oxygen atoms in total. The minimum Gasteiger partial charge on any atom is -0.507 e. The number of benzene rings is 1. The van der Waals surface area contributed by atoms with Gasteiger partial charge in [-0.05, 0) is 37.5 Å². The monoisotopic (exact) mass is 278 g/mol. The Kier molecular flexibility index (Phi) is 4.24. The van der Waals surface area contributed by atoms with Crippen molar-refractivity contribution in [1.82, 2.24) is 0 Å². The van der Waals surface area contributed by atoms with Crippen LogP contribution in [0, 0.1) is 5.92 Å². The first-order valence-electron chi connectivity index (χ1n) is 6.60. The molecule has 20 heavy (non-hydrogen) atoms. The van der Waals surface area contributed by atoms with Gasteiger partial charge in [0.2, 0.25) is 5.91 Å². The second kappa shape index (κ2) is 5.92. The van der Waals surface area contributed by atoms with E-state index in [0.717, 1.165) is 19.3 Å². The number of carboxylic acid groups (broad SMARTS) is 1. The van der Waals surface area contributed by atoms with E-state index in [0.29, 0.717) is 12.1 Å². The number of hydrogen-bond donors (Lipinski definition) is 4. The summed E-state index contributed by atoms with van der Waals surface area (Å²) in [6, 6.07) is 4.03. The largest absolute Gasteiger partial charge is 0.507 e. The highest BCUT2D eigenvalue weighted by molar-refractivity contribution is 5.96. The number of nitrogens with one attached hydrogen (secondary N) is 1. The first kappa shape index (κ1) is 14.3. The molecule has 2 unspecified atom stereocenters. The molecule has 2 rings (SSSR count). The maximum absolute atomic E-state index is 12.1. The topological polar surface area (TPSA) is 113 Å². The van der Waals surface area contributed by atoms with Gasteiger partial charge in [-0.3, -0.25) is 4.79 Å². The van der Waals surface area contributed by atoms with Gasteiger partial charge in [-0.1, -0.05) is 6.42 Å². The lowest BCUT2D eigenvalue weighted by Crippen LogP contribution is -2.34. The quantitative estimate of drug-likeness (QED) is 0.626. The third kappa shape index (κ3) is 3.27. The number of anilines is 1. The van der Waals surface area contributed by atoms with Gasteiger partial charge in [0.1, 0.15) is 11.3 Å². The first-order valence-corrected chi connectivity index (χ1v) is 6.60. The second-order valence-electron chi connectivity index (χ2n) is 5.15. The van der Waals surface area contributed by atoms with Crippen LogP contribution in [0.3, 0.4) is 0 Å². The van der Waals surface area contributed by atoms with E-state index in [1.807, 2.05) is 0 Å². The number of phenols is 1. The van der Waals surface area contributed by atoms with Gasteiger partial charge in [0, 0.05) is 17.6 Å². The van der Waals surface area contributed by atoms with Crippen molar-refractivity contribution in [3.05, 3.63) is 23.8 Å². The molecule has 1 saturated carbocycles. The maximum Gasteiger partial charge on any atom is 0.339 e. The summed E-state index contributed by atoms with van der Waals surface area (Å²) in [6.45, 7) is 0. The highest BCUT2D eigenvalue weighted by Gasteiger charge is 2.25. The lowest BCUT2D eigenvalue weighted by atomic mass is 9.85. The van der Waals surface area contributed by atoms with Crippen molar-refractivity contribution >= 4 is 17.6 Å². The molecule has 0 bridgehead atoms. The van der Waals surface area contributed by atoms with E-state index in [9.17, 15) is 14.7 Å². The summed E-state index contributed by atoms with van der Waals surface area (Å²) in [7, 11) is 0. The van der Waals surface area contributed by atoms with Crippen molar-refractivity contribution in [1.29, 1.82) is 0 Å². The van der Waals surface area contributed by atoms with Gasteiger partial charge in [0.15, 0.2) is 0 Å². The van der Waals surface area contributed by atoms with E-state index in [-0.39, 0.29) is 29.2 Å². The van der Waals surface area contributed by atoms with Crippen molar-refractivity contribution < 1.29 is 19.8 Å². The Bertz CT molecular complexity index is 530. The van der Waals surface area contributed by atoms with Crippen LogP contribution in [0.2, 0.25) is 0 Å². The molecule has 0 radical (unpaired) electrons. The Morgan fingerprint density at radius 2 is 2.05 bits per heavy atom. The van der Waals surface area contributed by atoms with Crippen LogP contribution >= 0.6 is 0 Å².